The smallest absolute Gasteiger partial charge is 0.234 e. The highest BCUT2D eigenvalue weighted by Crippen LogP contribution is 2.12. The monoisotopic (exact) mass is 318 g/mol. The van der Waals surface area contributed by atoms with Crippen molar-refractivity contribution in [2.45, 2.75) is 44.4 Å². The lowest BCUT2D eigenvalue weighted by Gasteiger charge is -2.26. The molecule has 1 rings (SSSR count). The number of alkyl halides is 1. The molecule has 1 unspecified atom stereocenters. The fourth-order valence-electron chi connectivity index (χ4n) is 1.99. The van der Waals surface area contributed by atoms with Gasteiger partial charge in [-0.2, -0.15) is 0 Å². The highest BCUT2D eigenvalue weighted by atomic mass is 79.9. The number of likely N-dealkylation sites (tertiary alicyclic amines) is 1. The van der Waals surface area contributed by atoms with E-state index < -0.39 is 0 Å². The Balaban J connectivity index is 2.20. The van der Waals surface area contributed by atoms with Crippen LogP contribution in [0.3, 0.4) is 0 Å². The topological polar surface area (TPSA) is 49.4 Å². The number of nitrogens with one attached hydrogen (secondary N) is 1. The molecule has 1 heterocycles. The summed E-state index contributed by atoms with van der Waals surface area (Å²) in [6, 6.07) is 0. The Kier molecular flexibility index (Phi) is 6.68. The molecule has 2 amide bonds. The average Bonchev–Trinajstić information content (AvgIpc) is 2.38. The molecule has 0 spiro atoms. The van der Waals surface area contributed by atoms with E-state index in [0.29, 0.717) is 13.0 Å². The SMILES string of the molecule is CC(C)C(Br)C(=O)NCCC(=O)N1CCCCC1. The summed E-state index contributed by atoms with van der Waals surface area (Å²) < 4.78 is 0. The molecule has 0 radical (unpaired) electrons. The molecule has 5 heteroatoms. The van der Waals surface area contributed by atoms with Gasteiger partial charge in [0, 0.05) is 26.1 Å². The van der Waals surface area contributed by atoms with Crippen LogP contribution in [0.25, 0.3) is 0 Å². The number of rotatable bonds is 5. The minimum absolute atomic E-state index is 0.0311. The Hall–Kier alpha value is -0.580. The number of hydrogen-bond donors (Lipinski definition) is 1. The van der Waals surface area contributed by atoms with Gasteiger partial charge in [-0.15, -0.1) is 0 Å². The second-order valence-electron chi connectivity index (χ2n) is 5.13. The van der Waals surface area contributed by atoms with Gasteiger partial charge in [0.25, 0.3) is 0 Å². The average molecular weight is 319 g/mol. The van der Waals surface area contributed by atoms with Crippen molar-refractivity contribution in [2.24, 2.45) is 5.92 Å². The zero-order valence-electron chi connectivity index (χ0n) is 11.2. The lowest BCUT2D eigenvalue weighted by atomic mass is 10.1. The number of piperidine rings is 1. The first-order valence-electron chi connectivity index (χ1n) is 6.72. The third-order valence-electron chi connectivity index (χ3n) is 3.18. The molecule has 1 aliphatic rings. The number of amides is 2. The van der Waals surface area contributed by atoms with Crippen molar-refractivity contribution < 1.29 is 9.59 Å². The van der Waals surface area contributed by atoms with Crippen molar-refractivity contribution in [3.05, 3.63) is 0 Å². The van der Waals surface area contributed by atoms with Crippen LogP contribution in [-0.4, -0.2) is 41.2 Å². The number of nitrogens with zero attached hydrogens (tertiary/aromatic N) is 1. The van der Waals surface area contributed by atoms with Crippen LogP contribution in [0.2, 0.25) is 0 Å². The summed E-state index contributed by atoms with van der Waals surface area (Å²) in [5, 5.41) is 2.80. The maximum Gasteiger partial charge on any atom is 0.234 e. The second-order valence-corrected chi connectivity index (χ2v) is 6.11. The van der Waals surface area contributed by atoms with E-state index in [2.05, 4.69) is 21.2 Å². The van der Waals surface area contributed by atoms with Crippen LogP contribution >= 0.6 is 15.9 Å². The summed E-state index contributed by atoms with van der Waals surface area (Å²) in [5.41, 5.74) is 0. The van der Waals surface area contributed by atoms with Gasteiger partial charge in [0.2, 0.25) is 11.8 Å². The molecule has 0 aliphatic carbocycles. The van der Waals surface area contributed by atoms with Gasteiger partial charge >= 0.3 is 0 Å². The van der Waals surface area contributed by atoms with E-state index in [1.54, 1.807) is 0 Å². The number of halogens is 1. The predicted molar refractivity (Wildman–Crippen MR) is 75.6 cm³/mol. The molecular weight excluding hydrogens is 296 g/mol. The Labute approximate surface area is 118 Å². The largest absolute Gasteiger partial charge is 0.355 e. The molecule has 1 saturated heterocycles. The summed E-state index contributed by atoms with van der Waals surface area (Å²) in [7, 11) is 0. The molecule has 104 valence electrons. The summed E-state index contributed by atoms with van der Waals surface area (Å²) in [4.78, 5) is 25.2. The molecule has 0 saturated carbocycles. The quantitative estimate of drug-likeness (QED) is 0.787. The second kappa shape index (κ2) is 7.77. The fourth-order valence-corrected chi connectivity index (χ4v) is 2.16. The summed E-state index contributed by atoms with van der Waals surface area (Å²) >= 11 is 3.34. The third-order valence-corrected chi connectivity index (χ3v) is 4.66. The lowest BCUT2D eigenvalue weighted by Crippen LogP contribution is -2.39. The molecule has 0 aromatic heterocycles. The standard InChI is InChI=1S/C13H23BrN2O2/c1-10(2)12(14)13(18)15-7-6-11(17)16-8-4-3-5-9-16/h10,12H,3-9H2,1-2H3,(H,15,18). The van der Waals surface area contributed by atoms with E-state index in [4.69, 9.17) is 0 Å². The number of carbonyl (C=O) groups is 2. The molecule has 1 aliphatic heterocycles. The van der Waals surface area contributed by atoms with Gasteiger partial charge in [-0.25, -0.2) is 0 Å². The molecule has 1 N–H and O–H groups in total. The van der Waals surface area contributed by atoms with Gasteiger partial charge in [-0.1, -0.05) is 29.8 Å². The van der Waals surface area contributed by atoms with Crippen molar-refractivity contribution in [1.29, 1.82) is 0 Å². The van der Waals surface area contributed by atoms with Crippen LogP contribution in [0.5, 0.6) is 0 Å². The Morgan fingerprint density at radius 1 is 1.22 bits per heavy atom. The first-order chi connectivity index (χ1) is 8.52. The number of hydrogen-bond acceptors (Lipinski definition) is 2. The van der Waals surface area contributed by atoms with Gasteiger partial charge in [-0.3, -0.25) is 9.59 Å². The zero-order chi connectivity index (χ0) is 13.5. The zero-order valence-corrected chi connectivity index (χ0v) is 12.8. The maximum atomic E-state index is 11.8. The highest BCUT2D eigenvalue weighted by molar-refractivity contribution is 9.10. The predicted octanol–water partition coefficient (Wildman–Crippen LogP) is 1.92. The van der Waals surface area contributed by atoms with Crippen LogP contribution in [0.4, 0.5) is 0 Å². The van der Waals surface area contributed by atoms with Gasteiger partial charge in [0.1, 0.15) is 0 Å². The highest BCUT2D eigenvalue weighted by Gasteiger charge is 2.19. The van der Waals surface area contributed by atoms with E-state index in [9.17, 15) is 9.59 Å². The lowest BCUT2D eigenvalue weighted by molar-refractivity contribution is -0.132. The van der Waals surface area contributed by atoms with Crippen LogP contribution in [0.15, 0.2) is 0 Å². The normalized spacial score (nSPS) is 17.7. The molecule has 1 fully saturated rings. The fraction of sp³-hybridized carbons (Fsp3) is 0.846. The summed E-state index contributed by atoms with van der Waals surface area (Å²) in [6.45, 7) is 6.15. The molecule has 18 heavy (non-hydrogen) atoms. The Morgan fingerprint density at radius 3 is 2.39 bits per heavy atom. The van der Waals surface area contributed by atoms with E-state index in [1.807, 2.05) is 18.7 Å². The molecular formula is C13H23BrN2O2. The Morgan fingerprint density at radius 2 is 1.83 bits per heavy atom. The molecule has 0 bridgehead atoms. The summed E-state index contributed by atoms with van der Waals surface area (Å²) in [5.74, 6) is 0.380. The van der Waals surface area contributed by atoms with Crippen LogP contribution in [0.1, 0.15) is 39.5 Å². The minimum atomic E-state index is -0.178. The van der Waals surface area contributed by atoms with Crippen LogP contribution in [0, 0.1) is 5.92 Å². The number of carbonyl (C=O) groups excluding carboxylic acids is 2. The molecule has 4 nitrogen and oxygen atoms in total. The maximum absolute atomic E-state index is 11.8. The van der Waals surface area contributed by atoms with Crippen molar-refractivity contribution in [3.63, 3.8) is 0 Å². The molecule has 1 atom stereocenters. The van der Waals surface area contributed by atoms with Crippen LogP contribution in [-0.2, 0) is 9.59 Å². The van der Waals surface area contributed by atoms with Crippen molar-refractivity contribution in [3.8, 4) is 0 Å². The Bertz CT molecular complexity index is 289. The van der Waals surface area contributed by atoms with Gasteiger partial charge < -0.3 is 10.2 Å². The first-order valence-corrected chi connectivity index (χ1v) is 7.63. The van der Waals surface area contributed by atoms with E-state index in [1.165, 1.54) is 6.42 Å². The van der Waals surface area contributed by atoms with Gasteiger partial charge in [0.05, 0.1) is 4.83 Å². The third kappa shape index (κ3) is 4.96. The van der Waals surface area contributed by atoms with Gasteiger partial charge in [-0.05, 0) is 25.2 Å². The first kappa shape index (κ1) is 15.5. The minimum Gasteiger partial charge on any atom is -0.355 e. The van der Waals surface area contributed by atoms with Crippen LogP contribution < -0.4 is 5.32 Å². The van der Waals surface area contributed by atoms with Crippen molar-refractivity contribution in [2.75, 3.05) is 19.6 Å². The van der Waals surface area contributed by atoms with E-state index >= 15 is 0 Å². The van der Waals surface area contributed by atoms with Gasteiger partial charge in [0.15, 0.2) is 0 Å². The molecule has 0 aromatic rings. The van der Waals surface area contributed by atoms with E-state index in [-0.39, 0.29) is 22.6 Å². The van der Waals surface area contributed by atoms with E-state index in [0.717, 1.165) is 25.9 Å². The van der Waals surface area contributed by atoms with Crippen molar-refractivity contribution >= 4 is 27.7 Å². The van der Waals surface area contributed by atoms with Crippen molar-refractivity contribution in [1.82, 2.24) is 10.2 Å². The molecule has 0 aromatic carbocycles. The summed E-state index contributed by atoms with van der Waals surface area (Å²) in [6.07, 6.45) is 3.84.